The van der Waals surface area contributed by atoms with Crippen LogP contribution < -0.4 is 0 Å². The Morgan fingerprint density at radius 2 is 0.775 bits per heavy atom. The van der Waals surface area contributed by atoms with Gasteiger partial charge in [0.05, 0.1) is 16.8 Å². The SMILES string of the molecule is c1ccc(-c2nc(-c3ccc(-c4ccc(-c5c6ccccc6cc6c5ccc5ccccc56)c5ccccc45)cc3)cc(-c3ccc4c(c3)C(c3ccccc3)(c3ccccc3)c3ccccc3-4)n2)cc1. The molecule has 0 bridgehead atoms. The fourth-order valence-corrected chi connectivity index (χ4v) is 11.8. The van der Waals surface area contributed by atoms with Crippen LogP contribution in [-0.4, -0.2) is 9.97 Å². The minimum Gasteiger partial charge on any atom is -0.228 e. The van der Waals surface area contributed by atoms with Gasteiger partial charge >= 0.3 is 0 Å². The van der Waals surface area contributed by atoms with E-state index in [1.807, 2.05) is 6.07 Å². The molecule has 14 rings (SSSR count). The minimum atomic E-state index is -0.516. The van der Waals surface area contributed by atoms with E-state index in [1.54, 1.807) is 0 Å². The van der Waals surface area contributed by atoms with E-state index in [1.165, 1.54) is 93.2 Å². The van der Waals surface area contributed by atoms with Gasteiger partial charge in [-0.2, -0.15) is 0 Å². The van der Waals surface area contributed by atoms with Crippen molar-refractivity contribution in [1.82, 2.24) is 9.97 Å². The van der Waals surface area contributed by atoms with Gasteiger partial charge in [0.2, 0.25) is 0 Å². The molecule has 12 aromatic carbocycles. The second-order valence-electron chi connectivity index (χ2n) is 18.8. The lowest BCUT2D eigenvalue weighted by Crippen LogP contribution is -2.28. The number of hydrogen-bond acceptors (Lipinski definition) is 2. The molecule has 1 aliphatic carbocycles. The van der Waals surface area contributed by atoms with E-state index in [0.717, 1.165) is 33.6 Å². The maximum Gasteiger partial charge on any atom is 0.160 e. The Hall–Kier alpha value is -9.24. The second-order valence-corrected chi connectivity index (χ2v) is 18.8. The van der Waals surface area contributed by atoms with Gasteiger partial charge in [-0.05, 0) is 117 Å². The molecule has 1 aliphatic rings. The molecule has 2 nitrogen and oxygen atoms in total. The lowest BCUT2D eigenvalue weighted by Gasteiger charge is -2.34. The molecule has 13 aromatic rings. The third-order valence-corrected chi connectivity index (χ3v) is 15.0. The van der Waals surface area contributed by atoms with E-state index in [2.05, 4.69) is 261 Å². The second kappa shape index (κ2) is 16.5. The third kappa shape index (κ3) is 6.49. The number of fused-ring (bicyclic) bond motifs is 8. The minimum absolute atomic E-state index is 0.516. The molecule has 0 unspecified atom stereocenters. The number of hydrogen-bond donors (Lipinski definition) is 0. The predicted molar refractivity (Wildman–Crippen MR) is 297 cm³/mol. The van der Waals surface area contributed by atoms with Crippen LogP contribution in [0.2, 0.25) is 0 Å². The van der Waals surface area contributed by atoms with E-state index in [9.17, 15) is 0 Å². The van der Waals surface area contributed by atoms with Gasteiger partial charge in [0.25, 0.3) is 0 Å². The van der Waals surface area contributed by atoms with Crippen LogP contribution in [0.15, 0.2) is 267 Å². The zero-order chi connectivity index (χ0) is 46.9. The summed E-state index contributed by atoms with van der Waals surface area (Å²) in [5, 5.41) is 10.0. The molecule has 0 aliphatic heterocycles. The highest BCUT2D eigenvalue weighted by Crippen LogP contribution is 2.57. The number of aromatic nitrogens is 2. The van der Waals surface area contributed by atoms with Crippen molar-refractivity contribution in [3.8, 4) is 67.3 Å². The largest absolute Gasteiger partial charge is 0.228 e. The first-order valence-corrected chi connectivity index (χ1v) is 24.5. The quantitative estimate of drug-likeness (QED) is 0.118. The van der Waals surface area contributed by atoms with Crippen molar-refractivity contribution in [2.75, 3.05) is 0 Å². The molecule has 71 heavy (non-hydrogen) atoms. The van der Waals surface area contributed by atoms with E-state index in [0.29, 0.717) is 5.82 Å². The van der Waals surface area contributed by atoms with Crippen molar-refractivity contribution in [2.45, 2.75) is 5.41 Å². The van der Waals surface area contributed by atoms with Crippen LogP contribution in [0.5, 0.6) is 0 Å². The molecule has 2 heteroatoms. The fraction of sp³-hybridized carbons (Fsp3) is 0.0145. The maximum atomic E-state index is 5.34. The molecule has 0 radical (unpaired) electrons. The lowest BCUT2D eigenvalue weighted by molar-refractivity contribution is 0.768. The average molecular weight is 901 g/mol. The molecule has 0 saturated heterocycles. The Balaban J connectivity index is 0.900. The molecule has 0 N–H and O–H groups in total. The molecule has 1 heterocycles. The standard InChI is InChI=1S/C69H44N2/c1-4-19-48(20-5-1)68-70-65(44-66(71-68)50-37-38-59-58-30-16-17-31-63(58)69(64(59)43-50,51-22-6-2-7-23-51)52-24-8-3-9-25-52)47-34-32-46(33-35-47)54-40-41-60(57-29-15-14-28-56(54)57)67-55-27-13-11-21-49(55)42-62-53-26-12-10-18-45(53)36-39-61(62)67/h1-44H. The first kappa shape index (κ1) is 40.8. The van der Waals surface area contributed by atoms with Crippen LogP contribution in [-0.2, 0) is 5.41 Å². The Labute approximate surface area is 412 Å². The lowest BCUT2D eigenvalue weighted by atomic mass is 9.67. The normalized spacial score (nSPS) is 12.6. The van der Waals surface area contributed by atoms with Gasteiger partial charge < -0.3 is 0 Å². The topological polar surface area (TPSA) is 25.8 Å². The molecule has 0 saturated carbocycles. The van der Waals surface area contributed by atoms with Crippen molar-refractivity contribution in [3.63, 3.8) is 0 Å². The van der Waals surface area contributed by atoms with E-state index >= 15 is 0 Å². The summed E-state index contributed by atoms with van der Waals surface area (Å²) in [6, 6.07) is 97.3. The molecule has 0 atom stereocenters. The van der Waals surface area contributed by atoms with Gasteiger partial charge in [-0.15, -0.1) is 0 Å². The van der Waals surface area contributed by atoms with Gasteiger partial charge in [0.1, 0.15) is 0 Å². The smallest absolute Gasteiger partial charge is 0.160 e. The molecule has 0 spiro atoms. The Morgan fingerprint density at radius 1 is 0.254 bits per heavy atom. The summed E-state index contributed by atoms with van der Waals surface area (Å²) in [6.45, 7) is 0. The Morgan fingerprint density at radius 3 is 1.51 bits per heavy atom. The van der Waals surface area contributed by atoms with Crippen LogP contribution in [0.4, 0.5) is 0 Å². The molecule has 330 valence electrons. The first-order valence-electron chi connectivity index (χ1n) is 24.5. The van der Waals surface area contributed by atoms with Crippen molar-refractivity contribution >= 4 is 43.1 Å². The molecule has 1 aromatic heterocycles. The van der Waals surface area contributed by atoms with Crippen LogP contribution in [0.3, 0.4) is 0 Å². The number of rotatable bonds is 7. The zero-order valence-electron chi connectivity index (χ0n) is 38.8. The first-order chi connectivity index (χ1) is 35.2. The molecular weight excluding hydrogens is 857 g/mol. The zero-order valence-corrected chi connectivity index (χ0v) is 38.8. The number of nitrogens with zero attached hydrogens (tertiary/aromatic N) is 2. The summed E-state index contributed by atoms with van der Waals surface area (Å²) in [5.41, 5.74) is 16.6. The van der Waals surface area contributed by atoms with Gasteiger partial charge in [-0.25, -0.2) is 9.97 Å². The van der Waals surface area contributed by atoms with Crippen molar-refractivity contribution < 1.29 is 0 Å². The van der Waals surface area contributed by atoms with Gasteiger partial charge in [-0.3, -0.25) is 0 Å². The molecule has 0 fully saturated rings. The third-order valence-electron chi connectivity index (χ3n) is 15.0. The predicted octanol–water partition coefficient (Wildman–Crippen LogP) is 17.8. The summed E-state index contributed by atoms with van der Waals surface area (Å²) in [5.74, 6) is 0.693. The van der Waals surface area contributed by atoms with Crippen molar-refractivity contribution in [3.05, 3.63) is 289 Å². The Kier molecular flexibility index (Phi) is 9.47. The number of benzene rings is 12. The Bertz CT molecular complexity index is 4160. The summed E-state index contributed by atoms with van der Waals surface area (Å²) in [7, 11) is 0. The van der Waals surface area contributed by atoms with E-state index < -0.39 is 5.41 Å². The molecular formula is C69H44N2. The summed E-state index contributed by atoms with van der Waals surface area (Å²) in [6.07, 6.45) is 0. The van der Waals surface area contributed by atoms with Crippen LogP contribution in [0.1, 0.15) is 22.3 Å². The molecule has 0 amide bonds. The van der Waals surface area contributed by atoms with Crippen LogP contribution >= 0.6 is 0 Å². The van der Waals surface area contributed by atoms with Crippen LogP contribution in [0, 0.1) is 0 Å². The van der Waals surface area contributed by atoms with Gasteiger partial charge in [0.15, 0.2) is 5.82 Å². The summed E-state index contributed by atoms with van der Waals surface area (Å²) in [4.78, 5) is 10.6. The summed E-state index contributed by atoms with van der Waals surface area (Å²) < 4.78 is 0. The highest BCUT2D eigenvalue weighted by molar-refractivity contribution is 6.23. The fourth-order valence-electron chi connectivity index (χ4n) is 11.8. The summed E-state index contributed by atoms with van der Waals surface area (Å²) >= 11 is 0. The van der Waals surface area contributed by atoms with E-state index in [4.69, 9.17) is 9.97 Å². The van der Waals surface area contributed by atoms with E-state index in [-0.39, 0.29) is 0 Å². The van der Waals surface area contributed by atoms with Gasteiger partial charge in [0, 0.05) is 16.7 Å². The average Bonchev–Trinajstić information content (AvgIpc) is 3.76. The van der Waals surface area contributed by atoms with Gasteiger partial charge in [-0.1, -0.05) is 249 Å². The van der Waals surface area contributed by atoms with Crippen molar-refractivity contribution in [2.24, 2.45) is 0 Å². The highest BCUT2D eigenvalue weighted by Gasteiger charge is 2.46. The highest BCUT2D eigenvalue weighted by atomic mass is 14.9. The maximum absolute atomic E-state index is 5.34. The monoisotopic (exact) mass is 900 g/mol. The van der Waals surface area contributed by atoms with Crippen molar-refractivity contribution in [1.29, 1.82) is 0 Å². The van der Waals surface area contributed by atoms with Crippen LogP contribution in [0.25, 0.3) is 110 Å².